The molecule has 0 saturated carbocycles. The van der Waals surface area contributed by atoms with Gasteiger partial charge >= 0.3 is 0 Å². The van der Waals surface area contributed by atoms with Gasteiger partial charge in [-0.2, -0.15) is 0 Å². The Labute approximate surface area is 122 Å². The van der Waals surface area contributed by atoms with Gasteiger partial charge in [-0.05, 0) is 55.2 Å². The van der Waals surface area contributed by atoms with E-state index in [0.717, 1.165) is 35.2 Å². The second-order valence-corrected chi connectivity index (χ2v) is 5.49. The lowest BCUT2D eigenvalue weighted by Crippen LogP contribution is -1.92. The second kappa shape index (κ2) is 4.74. The fraction of sp³-hybridized carbons (Fsp3) is 0.176. The molecule has 0 aliphatic rings. The van der Waals surface area contributed by atoms with Crippen molar-refractivity contribution in [2.24, 2.45) is 0 Å². The standard InChI is InChI=1S/C17H16N4/c1-11-6-14-7-13(9-18-17(14)21-11)3-2-12-4-5-15-16(8-12)20-10-19-15/h4-10H,2-3H2,1H3,(H,18,21)(H,19,20). The summed E-state index contributed by atoms with van der Waals surface area (Å²) in [5.41, 5.74) is 6.82. The molecule has 0 aliphatic carbocycles. The molecule has 0 saturated heterocycles. The van der Waals surface area contributed by atoms with Gasteiger partial charge in [0.05, 0.1) is 17.4 Å². The number of aromatic nitrogens is 4. The number of imidazole rings is 1. The molecule has 3 heterocycles. The van der Waals surface area contributed by atoms with Crippen molar-refractivity contribution in [1.29, 1.82) is 0 Å². The highest BCUT2D eigenvalue weighted by molar-refractivity contribution is 5.77. The van der Waals surface area contributed by atoms with Crippen molar-refractivity contribution in [1.82, 2.24) is 19.9 Å². The summed E-state index contributed by atoms with van der Waals surface area (Å²) in [7, 11) is 0. The lowest BCUT2D eigenvalue weighted by molar-refractivity contribution is 0.955. The maximum Gasteiger partial charge on any atom is 0.137 e. The van der Waals surface area contributed by atoms with E-state index in [1.54, 1.807) is 6.33 Å². The Bertz CT molecular complexity index is 917. The second-order valence-electron chi connectivity index (χ2n) is 5.49. The van der Waals surface area contributed by atoms with Crippen molar-refractivity contribution in [2.75, 3.05) is 0 Å². The molecule has 4 aromatic rings. The van der Waals surface area contributed by atoms with Crippen LogP contribution < -0.4 is 0 Å². The number of hydrogen-bond acceptors (Lipinski definition) is 2. The summed E-state index contributed by atoms with van der Waals surface area (Å²) in [6.07, 6.45) is 5.70. The third kappa shape index (κ3) is 2.29. The number of H-pyrrole nitrogens is 2. The number of nitrogens with one attached hydrogen (secondary N) is 2. The van der Waals surface area contributed by atoms with Crippen LogP contribution in [-0.4, -0.2) is 19.9 Å². The molecule has 0 fully saturated rings. The Hall–Kier alpha value is -2.62. The van der Waals surface area contributed by atoms with Gasteiger partial charge in [0.15, 0.2) is 0 Å². The molecule has 4 nitrogen and oxygen atoms in total. The van der Waals surface area contributed by atoms with Gasteiger partial charge in [0.25, 0.3) is 0 Å². The van der Waals surface area contributed by atoms with Crippen molar-refractivity contribution in [3.63, 3.8) is 0 Å². The van der Waals surface area contributed by atoms with Gasteiger partial charge in [-0.1, -0.05) is 6.07 Å². The van der Waals surface area contributed by atoms with E-state index in [9.17, 15) is 0 Å². The first-order valence-corrected chi connectivity index (χ1v) is 7.14. The molecule has 0 bridgehead atoms. The summed E-state index contributed by atoms with van der Waals surface area (Å²) in [6.45, 7) is 2.06. The van der Waals surface area contributed by atoms with E-state index in [1.165, 1.54) is 16.5 Å². The molecular weight excluding hydrogens is 260 g/mol. The van der Waals surface area contributed by atoms with Crippen LogP contribution in [0.3, 0.4) is 0 Å². The topological polar surface area (TPSA) is 57.4 Å². The average molecular weight is 276 g/mol. The van der Waals surface area contributed by atoms with Crippen molar-refractivity contribution in [2.45, 2.75) is 19.8 Å². The maximum atomic E-state index is 4.48. The number of benzene rings is 1. The highest BCUT2D eigenvalue weighted by atomic mass is 14.9. The highest BCUT2D eigenvalue weighted by Gasteiger charge is 2.03. The summed E-state index contributed by atoms with van der Waals surface area (Å²) < 4.78 is 0. The van der Waals surface area contributed by atoms with Crippen LogP contribution in [-0.2, 0) is 12.8 Å². The molecule has 0 aliphatic heterocycles. The van der Waals surface area contributed by atoms with Crippen LogP contribution >= 0.6 is 0 Å². The van der Waals surface area contributed by atoms with Crippen LogP contribution in [0.15, 0.2) is 42.9 Å². The van der Waals surface area contributed by atoms with Crippen molar-refractivity contribution < 1.29 is 0 Å². The Kier molecular flexibility index (Phi) is 2.74. The quantitative estimate of drug-likeness (QED) is 0.601. The third-order valence-electron chi connectivity index (χ3n) is 3.85. The maximum absolute atomic E-state index is 4.48. The van der Waals surface area contributed by atoms with Crippen molar-refractivity contribution in [3.8, 4) is 0 Å². The largest absolute Gasteiger partial charge is 0.345 e. The smallest absolute Gasteiger partial charge is 0.137 e. The summed E-state index contributed by atoms with van der Waals surface area (Å²) in [6, 6.07) is 10.8. The van der Waals surface area contributed by atoms with Crippen LogP contribution in [0.25, 0.3) is 22.1 Å². The third-order valence-corrected chi connectivity index (χ3v) is 3.85. The Morgan fingerprint density at radius 1 is 1.00 bits per heavy atom. The molecule has 1 aromatic carbocycles. The number of rotatable bonds is 3. The summed E-state index contributed by atoms with van der Waals surface area (Å²) in [4.78, 5) is 15.1. The molecule has 2 N–H and O–H groups in total. The first kappa shape index (κ1) is 12.1. The minimum absolute atomic E-state index is 0.968. The first-order valence-electron chi connectivity index (χ1n) is 7.14. The zero-order chi connectivity index (χ0) is 14.2. The fourth-order valence-corrected chi connectivity index (χ4v) is 2.76. The van der Waals surface area contributed by atoms with Gasteiger partial charge in [-0.3, -0.25) is 0 Å². The number of pyridine rings is 1. The zero-order valence-electron chi connectivity index (χ0n) is 11.9. The molecule has 0 amide bonds. The molecule has 21 heavy (non-hydrogen) atoms. The Morgan fingerprint density at radius 2 is 1.90 bits per heavy atom. The Balaban J connectivity index is 1.56. The monoisotopic (exact) mass is 276 g/mol. The van der Waals surface area contributed by atoms with E-state index < -0.39 is 0 Å². The van der Waals surface area contributed by atoms with Gasteiger partial charge in [0.2, 0.25) is 0 Å². The van der Waals surface area contributed by atoms with Crippen molar-refractivity contribution >= 4 is 22.1 Å². The van der Waals surface area contributed by atoms with Gasteiger partial charge < -0.3 is 9.97 Å². The van der Waals surface area contributed by atoms with Gasteiger partial charge in [-0.15, -0.1) is 0 Å². The Morgan fingerprint density at radius 3 is 2.86 bits per heavy atom. The predicted molar refractivity (Wildman–Crippen MR) is 84.3 cm³/mol. The molecule has 0 radical (unpaired) electrons. The van der Waals surface area contributed by atoms with E-state index in [0.29, 0.717) is 0 Å². The van der Waals surface area contributed by atoms with Crippen LogP contribution in [0, 0.1) is 6.92 Å². The van der Waals surface area contributed by atoms with Gasteiger partial charge in [0, 0.05) is 17.3 Å². The number of aromatic amines is 2. The average Bonchev–Trinajstić information content (AvgIpc) is 3.08. The highest BCUT2D eigenvalue weighted by Crippen LogP contribution is 2.17. The van der Waals surface area contributed by atoms with E-state index in [2.05, 4.69) is 57.2 Å². The lowest BCUT2D eigenvalue weighted by Gasteiger charge is -2.02. The minimum atomic E-state index is 0.968. The number of nitrogens with zero attached hydrogens (tertiary/aromatic N) is 2. The number of hydrogen-bond donors (Lipinski definition) is 2. The molecule has 0 spiro atoms. The first-order chi connectivity index (χ1) is 10.3. The number of aryl methyl sites for hydroxylation is 3. The molecule has 3 aromatic heterocycles. The van der Waals surface area contributed by atoms with Crippen LogP contribution in [0.5, 0.6) is 0 Å². The van der Waals surface area contributed by atoms with Crippen LogP contribution in [0.1, 0.15) is 16.8 Å². The van der Waals surface area contributed by atoms with Gasteiger partial charge in [0.1, 0.15) is 5.65 Å². The van der Waals surface area contributed by atoms with Crippen molar-refractivity contribution in [3.05, 3.63) is 59.7 Å². The molecular formula is C17H16N4. The zero-order valence-corrected chi connectivity index (χ0v) is 11.9. The van der Waals surface area contributed by atoms with Crippen LogP contribution in [0.2, 0.25) is 0 Å². The minimum Gasteiger partial charge on any atom is -0.345 e. The summed E-state index contributed by atoms with van der Waals surface area (Å²) in [5, 5.41) is 1.19. The van der Waals surface area contributed by atoms with Crippen LogP contribution in [0.4, 0.5) is 0 Å². The lowest BCUT2D eigenvalue weighted by atomic mass is 10.0. The molecule has 0 atom stereocenters. The van der Waals surface area contributed by atoms with E-state index in [4.69, 9.17) is 0 Å². The number of fused-ring (bicyclic) bond motifs is 2. The van der Waals surface area contributed by atoms with E-state index >= 15 is 0 Å². The molecule has 0 unspecified atom stereocenters. The fourth-order valence-electron chi connectivity index (χ4n) is 2.76. The van der Waals surface area contributed by atoms with E-state index in [-0.39, 0.29) is 0 Å². The normalized spacial score (nSPS) is 11.5. The molecule has 104 valence electrons. The molecule has 4 rings (SSSR count). The summed E-state index contributed by atoms with van der Waals surface area (Å²) in [5.74, 6) is 0. The van der Waals surface area contributed by atoms with E-state index in [1.807, 2.05) is 6.20 Å². The summed E-state index contributed by atoms with van der Waals surface area (Å²) >= 11 is 0. The SMILES string of the molecule is Cc1cc2cc(CCc3ccc4nc[nH]c4c3)cnc2[nH]1. The predicted octanol–water partition coefficient (Wildman–Crippen LogP) is 3.53. The van der Waals surface area contributed by atoms with Gasteiger partial charge in [-0.25, -0.2) is 9.97 Å². The molecule has 4 heteroatoms.